The van der Waals surface area contributed by atoms with E-state index in [1.54, 1.807) is 0 Å². The Morgan fingerprint density at radius 3 is 2.15 bits per heavy atom. The van der Waals surface area contributed by atoms with Gasteiger partial charge >= 0.3 is 23.7 Å². The number of unbranched alkanes of at least 4 members (excludes halogenated alkanes) is 8. The Morgan fingerprint density at radius 1 is 1.04 bits per heavy atom. The zero-order chi connectivity index (χ0) is 19.4. The molecule has 1 aliphatic heterocycles. The second-order valence-corrected chi connectivity index (χ2v) is 6.46. The number of hydrogen-bond acceptors (Lipinski definition) is 8. The first-order chi connectivity index (χ1) is 12.5. The van der Waals surface area contributed by atoms with E-state index in [-0.39, 0.29) is 6.42 Å². The van der Waals surface area contributed by atoms with Crippen LogP contribution >= 0.6 is 0 Å². The van der Waals surface area contributed by atoms with Crippen molar-refractivity contribution in [3.8, 4) is 0 Å². The second-order valence-electron chi connectivity index (χ2n) is 6.46. The fraction of sp³-hybridized carbons (Fsp3) is 0.833. The fourth-order valence-electron chi connectivity index (χ4n) is 2.66. The summed E-state index contributed by atoms with van der Waals surface area (Å²) in [6.45, 7) is 0.386. The molecule has 0 aromatic heterocycles. The molecule has 2 unspecified atom stereocenters. The molecule has 1 aliphatic rings. The van der Waals surface area contributed by atoms with Crippen LogP contribution in [-0.4, -0.2) is 53.2 Å². The van der Waals surface area contributed by atoms with Gasteiger partial charge in [-0.05, 0) is 6.42 Å². The minimum absolute atomic E-state index is 0.0475. The van der Waals surface area contributed by atoms with Crippen LogP contribution in [0.3, 0.4) is 0 Å². The molecule has 0 aromatic rings. The van der Waals surface area contributed by atoms with Gasteiger partial charge in [0.15, 0.2) is 0 Å². The van der Waals surface area contributed by atoms with E-state index in [0.717, 1.165) is 19.3 Å². The van der Waals surface area contributed by atoms with Crippen molar-refractivity contribution >= 4 is 17.9 Å². The van der Waals surface area contributed by atoms with Crippen molar-refractivity contribution in [2.45, 2.75) is 83.0 Å². The molecule has 8 heteroatoms. The van der Waals surface area contributed by atoms with Crippen LogP contribution in [0, 0.1) is 0 Å². The Labute approximate surface area is 153 Å². The number of hydrogen-bond donors (Lipinski definition) is 2. The lowest BCUT2D eigenvalue weighted by Gasteiger charge is -2.34. The van der Waals surface area contributed by atoms with Crippen molar-refractivity contribution in [1.82, 2.24) is 0 Å². The topological polar surface area (TPSA) is 119 Å². The van der Waals surface area contributed by atoms with E-state index >= 15 is 0 Å². The van der Waals surface area contributed by atoms with Crippen LogP contribution < -0.4 is 0 Å². The Bertz CT molecular complexity index is 464. The summed E-state index contributed by atoms with van der Waals surface area (Å²) in [6, 6.07) is 0. The molecule has 0 radical (unpaired) electrons. The van der Waals surface area contributed by atoms with Gasteiger partial charge in [-0.25, -0.2) is 9.59 Å². The monoisotopic (exact) mass is 374 g/mol. The van der Waals surface area contributed by atoms with Crippen LogP contribution in [0.15, 0.2) is 0 Å². The number of aliphatic hydroxyl groups excluding tert-OH is 2. The first-order valence-electron chi connectivity index (χ1n) is 9.36. The Balaban J connectivity index is 2.28. The molecule has 0 aliphatic carbocycles. The molecule has 1 fully saturated rings. The zero-order valence-corrected chi connectivity index (χ0v) is 15.4. The summed E-state index contributed by atoms with van der Waals surface area (Å²) < 4.78 is 14.3. The number of cyclic esters (lactones) is 2. The summed E-state index contributed by atoms with van der Waals surface area (Å²) in [6.07, 6.45) is 8.31. The standard InChI is InChI=1S/C18H30O8/c1-2-3-4-5-6-7-8-9-10-11-15(21)25-18(13-20)17(23)24-14(12-19)16(22)26-18/h14,19-20H,2-13H2,1H3. The van der Waals surface area contributed by atoms with E-state index < -0.39 is 43.0 Å². The maximum Gasteiger partial charge on any atom is 0.396 e. The predicted molar refractivity (Wildman–Crippen MR) is 90.8 cm³/mol. The molecule has 0 bridgehead atoms. The quantitative estimate of drug-likeness (QED) is 0.368. The van der Waals surface area contributed by atoms with E-state index in [1.165, 1.54) is 32.1 Å². The van der Waals surface area contributed by atoms with E-state index in [1.807, 2.05) is 0 Å². The molecule has 0 spiro atoms. The molecule has 0 amide bonds. The van der Waals surface area contributed by atoms with Crippen LogP contribution in [0.4, 0.5) is 0 Å². The van der Waals surface area contributed by atoms with Crippen LogP contribution in [0.2, 0.25) is 0 Å². The largest absolute Gasteiger partial charge is 0.442 e. The van der Waals surface area contributed by atoms with Gasteiger partial charge < -0.3 is 24.4 Å². The third kappa shape index (κ3) is 6.92. The molecule has 1 rings (SSSR count). The molecule has 2 N–H and O–H groups in total. The molecule has 150 valence electrons. The first kappa shape index (κ1) is 22.4. The van der Waals surface area contributed by atoms with Crippen LogP contribution in [0.5, 0.6) is 0 Å². The van der Waals surface area contributed by atoms with Gasteiger partial charge in [-0.3, -0.25) is 4.79 Å². The lowest BCUT2D eigenvalue weighted by atomic mass is 10.1. The van der Waals surface area contributed by atoms with Crippen molar-refractivity contribution in [2.24, 2.45) is 0 Å². The van der Waals surface area contributed by atoms with Crippen LogP contribution in [0.25, 0.3) is 0 Å². The summed E-state index contributed by atoms with van der Waals surface area (Å²) in [7, 11) is 0. The average Bonchev–Trinajstić information content (AvgIpc) is 2.63. The van der Waals surface area contributed by atoms with Crippen molar-refractivity contribution in [2.75, 3.05) is 13.2 Å². The van der Waals surface area contributed by atoms with Gasteiger partial charge in [0.2, 0.25) is 6.10 Å². The van der Waals surface area contributed by atoms with E-state index in [0.29, 0.717) is 6.42 Å². The van der Waals surface area contributed by atoms with E-state index in [2.05, 4.69) is 11.7 Å². The smallest absolute Gasteiger partial charge is 0.396 e. The number of aliphatic hydroxyl groups is 2. The number of rotatable bonds is 13. The Hall–Kier alpha value is -1.67. The average molecular weight is 374 g/mol. The highest BCUT2D eigenvalue weighted by molar-refractivity contribution is 5.91. The zero-order valence-electron chi connectivity index (χ0n) is 15.4. The summed E-state index contributed by atoms with van der Waals surface area (Å²) in [5.74, 6) is -5.51. The van der Waals surface area contributed by atoms with E-state index in [4.69, 9.17) is 14.6 Å². The van der Waals surface area contributed by atoms with Gasteiger partial charge in [0, 0.05) is 6.42 Å². The van der Waals surface area contributed by atoms with Crippen molar-refractivity contribution in [3.63, 3.8) is 0 Å². The van der Waals surface area contributed by atoms with Gasteiger partial charge in [-0.15, -0.1) is 0 Å². The SMILES string of the molecule is CCCCCCCCCCCC(=O)OC1(CO)OC(=O)C(CO)OC1=O. The van der Waals surface area contributed by atoms with Gasteiger partial charge in [-0.2, -0.15) is 0 Å². The summed E-state index contributed by atoms with van der Waals surface area (Å²) >= 11 is 0. The Kier molecular flexibility index (Phi) is 10.2. The molecular formula is C18H30O8. The van der Waals surface area contributed by atoms with Crippen molar-refractivity contribution in [1.29, 1.82) is 0 Å². The van der Waals surface area contributed by atoms with Crippen LogP contribution in [0.1, 0.15) is 71.1 Å². The molecule has 0 aromatic carbocycles. The normalized spacial score (nSPS) is 22.7. The number of esters is 3. The lowest BCUT2D eigenvalue weighted by molar-refractivity contribution is -0.271. The highest BCUT2D eigenvalue weighted by Crippen LogP contribution is 2.24. The molecule has 1 heterocycles. The molecule has 1 saturated heterocycles. The van der Waals surface area contributed by atoms with E-state index in [9.17, 15) is 19.5 Å². The summed E-state index contributed by atoms with van der Waals surface area (Å²) in [4.78, 5) is 35.4. The molecule has 8 nitrogen and oxygen atoms in total. The third-order valence-electron chi connectivity index (χ3n) is 4.23. The highest BCUT2D eigenvalue weighted by atomic mass is 16.8. The summed E-state index contributed by atoms with van der Waals surface area (Å²) in [5.41, 5.74) is 0. The molecular weight excluding hydrogens is 344 g/mol. The number of ether oxygens (including phenoxy) is 3. The number of carbonyl (C=O) groups is 3. The summed E-state index contributed by atoms with van der Waals surface area (Å²) in [5, 5.41) is 18.3. The lowest BCUT2D eigenvalue weighted by Crippen LogP contribution is -2.59. The van der Waals surface area contributed by atoms with Gasteiger partial charge in [0.1, 0.15) is 6.61 Å². The van der Waals surface area contributed by atoms with Gasteiger partial charge in [0.05, 0.1) is 6.61 Å². The second kappa shape index (κ2) is 11.9. The van der Waals surface area contributed by atoms with Crippen molar-refractivity contribution < 1.29 is 38.8 Å². The fourth-order valence-corrected chi connectivity index (χ4v) is 2.66. The highest BCUT2D eigenvalue weighted by Gasteiger charge is 2.54. The van der Waals surface area contributed by atoms with Gasteiger partial charge in [-0.1, -0.05) is 58.3 Å². The van der Waals surface area contributed by atoms with Gasteiger partial charge in [0.25, 0.3) is 0 Å². The maximum atomic E-state index is 11.9. The van der Waals surface area contributed by atoms with Crippen molar-refractivity contribution in [3.05, 3.63) is 0 Å². The molecule has 26 heavy (non-hydrogen) atoms. The minimum atomic E-state index is -2.47. The first-order valence-corrected chi connectivity index (χ1v) is 9.36. The Morgan fingerprint density at radius 2 is 1.62 bits per heavy atom. The van der Waals surface area contributed by atoms with Crippen LogP contribution in [-0.2, 0) is 28.6 Å². The minimum Gasteiger partial charge on any atom is -0.442 e. The maximum absolute atomic E-state index is 11.9. The number of carbonyl (C=O) groups excluding carboxylic acids is 3. The third-order valence-corrected chi connectivity index (χ3v) is 4.23. The predicted octanol–water partition coefficient (Wildman–Crippen LogP) is 1.60. The molecule has 2 atom stereocenters. The molecule has 0 saturated carbocycles.